The van der Waals surface area contributed by atoms with Crippen LogP contribution >= 0.6 is 11.6 Å². The molecule has 2 fully saturated rings. The Balaban J connectivity index is 0.000000404. The molecule has 8 nitrogen and oxygen atoms in total. The molecule has 0 unspecified atom stereocenters. The zero-order valence-electron chi connectivity index (χ0n) is 19.8. The van der Waals surface area contributed by atoms with E-state index in [4.69, 9.17) is 16.3 Å². The molecule has 1 aromatic carbocycles. The number of nitrogens with one attached hydrogen (secondary N) is 1. The van der Waals surface area contributed by atoms with E-state index in [0.717, 1.165) is 43.5 Å². The van der Waals surface area contributed by atoms with E-state index in [2.05, 4.69) is 21.0 Å². The average molecular weight is 488 g/mol. The van der Waals surface area contributed by atoms with Gasteiger partial charge in [-0.3, -0.25) is 4.79 Å². The number of carbonyl (C=O) groups excluding carboxylic acids is 2. The second-order valence-corrected chi connectivity index (χ2v) is 8.82. The molecule has 0 spiro atoms. The van der Waals surface area contributed by atoms with Crippen LogP contribution in [0.25, 0.3) is 11.3 Å². The van der Waals surface area contributed by atoms with Gasteiger partial charge in [-0.1, -0.05) is 55.8 Å². The monoisotopic (exact) mass is 487 g/mol. The van der Waals surface area contributed by atoms with Crippen LogP contribution in [0.4, 0.5) is 5.95 Å². The molecule has 1 saturated heterocycles. The lowest BCUT2D eigenvalue weighted by atomic mass is 10.0. The van der Waals surface area contributed by atoms with Crippen LogP contribution < -0.4 is 11.1 Å². The Morgan fingerprint density at radius 2 is 1.85 bits per heavy atom. The van der Waals surface area contributed by atoms with Gasteiger partial charge in [0.25, 0.3) is 5.91 Å². The summed E-state index contributed by atoms with van der Waals surface area (Å²) in [5, 5.41) is 3.75. The van der Waals surface area contributed by atoms with Crippen LogP contribution in [0.5, 0.6) is 0 Å². The summed E-state index contributed by atoms with van der Waals surface area (Å²) >= 11 is 6.32. The number of carbonyl (C=O) groups is 2. The Kier molecular flexibility index (Phi) is 10.2. The van der Waals surface area contributed by atoms with Crippen LogP contribution in [0.3, 0.4) is 0 Å². The van der Waals surface area contributed by atoms with Gasteiger partial charge in [-0.2, -0.15) is 0 Å². The summed E-state index contributed by atoms with van der Waals surface area (Å²) in [4.78, 5) is 33.6. The third kappa shape index (κ3) is 6.74. The van der Waals surface area contributed by atoms with Crippen molar-refractivity contribution >= 4 is 29.7 Å². The Labute approximate surface area is 206 Å². The lowest BCUT2D eigenvalue weighted by molar-refractivity contribution is -0.108. The molecule has 1 aromatic heterocycles. The van der Waals surface area contributed by atoms with E-state index < -0.39 is 0 Å². The van der Waals surface area contributed by atoms with Crippen LogP contribution in [0, 0.1) is 0 Å². The van der Waals surface area contributed by atoms with Crippen LogP contribution in [0.1, 0.15) is 60.9 Å². The van der Waals surface area contributed by atoms with Gasteiger partial charge in [-0.25, -0.2) is 9.97 Å². The van der Waals surface area contributed by atoms with E-state index in [1.54, 1.807) is 12.3 Å². The zero-order chi connectivity index (χ0) is 24.3. The molecule has 2 aromatic rings. The van der Waals surface area contributed by atoms with Crippen molar-refractivity contribution in [2.45, 2.75) is 57.5 Å². The smallest absolute Gasteiger partial charge is 0.254 e. The van der Waals surface area contributed by atoms with E-state index in [9.17, 15) is 9.59 Å². The molecule has 5 rings (SSSR count). The van der Waals surface area contributed by atoms with Gasteiger partial charge in [0.1, 0.15) is 6.29 Å². The Bertz CT molecular complexity index is 954. The van der Waals surface area contributed by atoms with E-state index in [0.29, 0.717) is 28.8 Å². The molecular formula is C25H34ClN5O3. The van der Waals surface area contributed by atoms with Gasteiger partial charge in [0.05, 0.1) is 23.5 Å². The second-order valence-electron chi connectivity index (χ2n) is 8.41. The number of aromatic nitrogens is 2. The first-order chi connectivity index (χ1) is 16.7. The molecule has 0 bridgehead atoms. The number of nitrogens with zero attached hydrogens (tertiary/aromatic N) is 3. The van der Waals surface area contributed by atoms with Crippen molar-refractivity contribution in [3.8, 4) is 11.3 Å². The van der Waals surface area contributed by atoms with E-state index >= 15 is 0 Å². The van der Waals surface area contributed by atoms with Gasteiger partial charge in [0, 0.05) is 36.9 Å². The summed E-state index contributed by atoms with van der Waals surface area (Å²) in [7, 11) is 1.50. The van der Waals surface area contributed by atoms with Crippen molar-refractivity contribution in [2.75, 3.05) is 32.1 Å². The number of ether oxygens (including phenoxy) is 1. The van der Waals surface area contributed by atoms with E-state index in [-0.39, 0.29) is 18.5 Å². The molecule has 3 N–H and O–H groups in total. The molecule has 34 heavy (non-hydrogen) atoms. The van der Waals surface area contributed by atoms with Crippen molar-refractivity contribution in [2.24, 2.45) is 5.73 Å². The van der Waals surface area contributed by atoms with Crippen LogP contribution in [0.2, 0.25) is 5.02 Å². The number of benzene rings is 1. The number of hydrogen-bond acceptors (Lipinski definition) is 7. The maximum Gasteiger partial charge on any atom is 0.254 e. The van der Waals surface area contributed by atoms with Gasteiger partial charge < -0.3 is 25.5 Å². The van der Waals surface area contributed by atoms with E-state index in [1.165, 1.54) is 44.1 Å². The minimum absolute atomic E-state index is 0.0935. The van der Waals surface area contributed by atoms with E-state index in [1.807, 2.05) is 12.1 Å². The average Bonchev–Trinajstić information content (AvgIpc) is 3.55. The summed E-state index contributed by atoms with van der Waals surface area (Å²) in [6.45, 7) is 1.99. The molecular weight excluding hydrogens is 454 g/mol. The van der Waals surface area contributed by atoms with Crippen molar-refractivity contribution in [1.82, 2.24) is 14.9 Å². The number of aldehydes is 1. The fourth-order valence-corrected chi connectivity index (χ4v) is 4.49. The van der Waals surface area contributed by atoms with Gasteiger partial charge >= 0.3 is 0 Å². The number of anilines is 1. The van der Waals surface area contributed by atoms with Crippen molar-refractivity contribution in [1.29, 1.82) is 0 Å². The predicted molar refractivity (Wildman–Crippen MR) is 134 cm³/mol. The maximum atomic E-state index is 12.5. The third-order valence-electron chi connectivity index (χ3n) is 6.11. The molecule has 1 amide bonds. The zero-order valence-corrected chi connectivity index (χ0v) is 20.5. The molecule has 1 saturated carbocycles. The third-order valence-corrected chi connectivity index (χ3v) is 6.38. The molecule has 0 radical (unpaired) electrons. The Morgan fingerprint density at radius 1 is 1.18 bits per heavy atom. The molecule has 3 aliphatic rings. The summed E-state index contributed by atoms with van der Waals surface area (Å²) in [6, 6.07) is 5.83. The molecule has 184 valence electrons. The normalized spacial score (nSPS) is 17.3. The topological polar surface area (TPSA) is 110 Å². The number of fused-ring (bicyclic) bond motifs is 1. The van der Waals surface area contributed by atoms with Crippen LogP contribution in [0.15, 0.2) is 24.4 Å². The summed E-state index contributed by atoms with van der Waals surface area (Å²) in [5.41, 5.74) is 7.31. The fraction of sp³-hybridized carbons (Fsp3) is 0.520. The second kappa shape index (κ2) is 13.4. The minimum atomic E-state index is -0.148. The quantitative estimate of drug-likeness (QED) is 0.611. The van der Waals surface area contributed by atoms with Crippen molar-refractivity contribution in [3.63, 3.8) is 0 Å². The van der Waals surface area contributed by atoms with Gasteiger partial charge in [0.15, 0.2) is 0 Å². The number of halogens is 1. The summed E-state index contributed by atoms with van der Waals surface area (Å²) in [5.74, 6) is 0.361. The highest BCUT2D eigenvalue weighted by molar-refractivity contribution is 6.33. The highest BCUT2D eigenvalue weighted by atomic mass is 35.5. The molecule has 0 atom stereocenters. The predicted octanol–water partition coefficient (Wildman–Crippen LogP) is 4.07. The molecule has 2 aliphatic heterocycles. The Hall–Kier alpha value is -2.55. The standard InChI is InChI=1S/C19H19ClN4O3.C5H10.CH5N/c20-16-10-21-19(22-14-3-7-27-8-4-14)23-17(16)12-1-2-13-11-24(5-6-25)18(26)15(13)9-12;1-2-4-5-3-1;1-2/h1-2,6,9-10,14H,3-5,7-8,11H2,(H,21,22,23);1-5H2;2H2,1H3. The first-order valence-corrected chi connectivity index (χ1v) is 12.3. The number of amides is 1. The minimum Gasteiger partial charge on any atom is -0.381 e. The van der Waals surface area contributed by atoms with Gasteiger partial charge in [-0.05, 0) is 31.5 Å². The first-order valence-electron chi connectivity index (χ1n) is 12.0. The van der Waals surface area contributed by atoms with Crippen LogP contribution in [-0.2, 0) is 16.1 Å². The lowest BCUT2D eigenvalue weighted by Gasteiger charge is -2.23. The molecule has 9 heteroatoms. The van der Waals surface area contributed by atoms with Crippen molar-refractivity contribution in [3.05, 3.63) is 40.5 Å². The number of nitrogens with two attached hydrogens (primary N) is 1. The highest BCUT2D eigenvalue weighted by Gasteiger charge is 2.27. The van der Waals surface area contributed by atoms with Gasteiger partial charge in [0.2, 0.25) is 5.95 Å². The molecule has 3 heterocycles. The fourth-order valence-electron chi connectivity index (χ4n) is 4.29. The summed E-state index contributed by atoms with van der Waals surface area (Å²) in [6.07, 6.45) is 11.6. The maximum absolute atomic E-state index is 12.5. The number of rotatable bonds is 5. The van der Waals surface area contributed by atoms with Crippen LogP contribution in [-0.4, -0.2) is 59.9 Å². The van der Waals surface area contributed by atoms with Crippen molar-refractivity contribution < 1.29 is 14.3 Å². The first kappa shape index (κ1) is 26.1. The summed E-state index contributed by atoms with van der Waals surface area (Å²) < 4.78 is 5.37. The Morgan fingerprint density at radius 3 is 2.50 bits per heavy atom. The SMILES string of the molecule is C1CCCC1.CN.O=CCN1Cc2ccc(-c3nc(NC4CCOCC4)ncc3Cl)cc2C1=O. The largest absolute Gasteiger partial charge is 0.381 e. The molecule has 1 aliphatic carbocycles. The van der Waals surface area contributed by atoms with Gasteiger partial charge in [-0.15, -0.1) is 0 Å². The highest BCUT2D eigenvalue weighted by Crippen LogP contribution is 2.31. The lowest BCUT2D eigenvalue weighted by Crippen LogP contribution is -2.28. The number of hydrogen-bond donors (Lipinski definition) is 2.